The number of benzene rings is 1. The average molecular weight is 396 g/mol. The molecule has 1 N–H and O–H groups in total. The van der Waals surface area contributed by atoms with Gasteiger partial charge in [0.1, 0.15) is 6.54 Å². The van der Waals surface area contributed by atoms with Crippen LogP contribution in [-0.2, 0) is 22.6 Å². The highest BCUT2D eigenvalue weighted by atomic mass is 16.5. The van der Waals surface area contributed by atoms with E-state index in [9.17, 15) is 9.59 Å². The summed E-state index contributed by atoms with van der Waals surface area (Å²) >= 11 is 0. The van der Waals surface area contributed by atoms with Gasteiger partial charge in [-0.05, 0) is 32.8 Å². The largest absolute Gasteiger partial charge is 0.382 e. The maximum atomic E-state index is 13.0. The molecule has 0 aliphatic carbocycles. The monoisotopic (exact) mass is 396 g/mol. The van der Waals surface area contributed by atoms with Gasteiger partial charge < -0.3 is 14.6 Å². The van der Waals surface area contributed by atoms with Crippen molar-refractivity contribution in [3.8, 4) is 0 Å². The Bertz CT molecular complexity index is 1040. The lowest BCUT2D eigenvalue weighted by Crippen LogP contribution is -2.34. The molecule has 0 saturated carbocycles. The van der Waals surface area contributed by atoms with E-state index >= 15 is 0 Å². The Balaban J connectivity index is 1.79. The van der Waals surface area contributed by atoms with E-state index in [0.29, 0.717) is 31.7 Å². The smallest absolute Gasteiger partial charge is 0.276 e. The lowest BCUT2D eigenvalue weighted by molar-refractivity contribution is -0.121. The molecule has 0 aliphatic rings. The van der Waals surface area contributed by atoms with Crippen LogP contribution in [0.15, 0.2) is 41.3 Å². The van der Waals surface area contributed by atoms with Gasteiger partial charge in [0.15, 0.2) is 0 Å². The molecule has 7 heteroatoms. The van der Waals surface area contributed by atoms with E-state index in [1.165, 1.54) is 10.2 Å². The van der Waals surface area contributed by atoms with Crippen LogP contribution in [0.5, 0.6) is 0 Å². The number of hydrogen-bond donors (Lipinski definition) is 1. The van der Waals surface area contributed by atoms with Gasteiger partial charge in [0.25, 0.3) is 5.56 Å². The van der Waals surface area contributed by atoms with E-state index in [1.807, 2.05) is 39.0 Å². The summed E-state index contributed by atoms with van der Waals surface area (Å²) in [4.78, 5) is 25.2. The second-order valence-corrected chi connectivity index (χ2v) is 7.04. The second-order valence-electron chi connectivity index (χ2n) is 7.04. The van der Waals surface area contributed by atoms with E-state index in [2.05, 4.69) is 27.1 Å². The number of carbonyl (C=O) groups excluding carboxylic acids is 1. The third-order valence-corrected chi connectivity index (χ3v) is 5.07. The van der Waals surface area contributed by atoms with Crippen molar-refractivity contribution in [2.24, 2.45) is 0 Å². The molecule has 0 spiro atoms. The molecule has 0 saturated heterocycles. The zero-order valence-corrected chi connectivity index (χ0v) is 17.3. The van der Waals surface area contributed by atoms with Gasteiger partial charge in [-0.25, -0.2) is 4.68 Å². The van der Waals surface area contributed by atoms with Crippen molar-refractivity contribution in [1.82, 2.24) is 19.7 Å². The molecule has 0 bridgehead atoms. The Labute approximate surface area is 170 Å². The quantitative estimate of drug-likeness (QED) is 0.564. The first-order valence-corrected chi connectivity index (χ1v) is 9.96. The second kappa shape index (κ2) is 9.52. The zero-order valence-electron chi connectivity index (χ0n) is 17.3. The summed E-state index contributed by atoms with van der Waals surface area (Å²) in [5.74, 6) is -0.228. The van der Waals surface area contributed by atoms with E-state index < -0.39 is 0 Å². The molecule has 3 rings (SSSR count). The Morgan fingerprint density at radius 1 is 1.17 bits per heavy atom. The van der Waals surface area contributed by atoms with Gasteiger partial charge in [0.2, 0.25) is 5.91 Å². The SMILES string of the molecule is CCOCCCNC(=O)Cn1ncc2c(C)n(Cc3ccccc3)c(C)c2c1=O. The number of hydrogen-bond acceptors (Lipinski definition) is 4. The van der Waals surface area contributed by atoms with Crippen LogP contribution in [-0.4, -0.2) is 40.0 Å². The maximum Gasteiger partial charge on any atom is 0.276 e. The summed E-state index contributed by atoms with van der Waals surface area (Å²) in [5.41, 5.74) is 2.82. The third kappa shape index (κ3) is 4.74. The molecule has 0 fully saturated rings. The highest BCUT2D eigenvalue weighted by molar-refractivity contribution is 5.87. The number of nitrogens with one attached hydrogen (secondary N) is 1. The predicted octanol–water partition coefficient (Wildman–Crippen LogP) is 2.41. The molecular formula is C22H28N4O3. The fraction of sp³-hybridized carbons (Fsp3) is 0.409. The van der Waals surface area contributed by atoms with Crippen molar-refractivity contribution in [3.63, 3.8) is 0 Å². The molecule has 2 heterocycles. The molecular weight excluding hydrogens is 368 g/mol. The van der Waals surface area contributed by atoms with Crippen LogP contribution in [0.2, 0.25) is 0 Å². The Hall–Kier alpha value is -2.93. The molecule has 0 unspecified atom stereocenters. The summed E-state index contributed by atoms with van der Waals surface area (Å²) in [5, 5.41) is 8.49. The number of aromatic nitrogens is 3. The summed E-state index contributed by atoms with van der Waals surface area (Å²) in [7, 11) is 0. The van der Waals surface area contributed by atoms with Gasteiger partial charge >= 0.3 is 0 Å². The van der Waals surface area contributed by atoms with Crippen LogP contribution in [0.3, 0.4) is 0 Å². The van der Waals surface area contributed by atoms with Crippen LogP contribution in [0.25, 0.3) is 10.8 Å². The molecule has 2 aromatic heterocycles. The minimum Gasteiger partial charge on any atom is -0.382 e. The van der Waals surface area contributed by atoms with E-state index in [-0.39, 0.29) is 18.0 Å². The fourth-order valence-corrected chi connectivity index (χ4v) is 3.50. The minimum atomic E-state index is -0.237. The summed E-state index contributed by atoms with van der Waals surface area (Å²) in [6.45, 7) is 8.25. The summed E-state index contributed by atoms with van der Waals surface area (Å²) < 4.78 is 8.61. The standard InChI is InChI=1S/C22H28N4O3/c1-4-29-12-8-11-23-20(27)15-26-22(28)21-17(3)25(16(2)19(21)13-24-26)14-18-9-6-5-7-10-18/h5-7,9-10,13H,4,8,11-12,14-15H2,1-3H3,(H,23,27). The van der Waals surface area contributed by atoms with Gasteiger partial charge in [0, 0.05) is 43.1 Å². The van der Waals surface area contributed by atoms with Crippen molar-refractivity contribution in [2.75, 3.05) is 19.8 Å². The molecule has 0 radical (unpaired) electrons. The molecule has 0 atom stereocenters. The first-order valence-electron chi connectivity index (χ1n) is 9.96. The highest BCUT2D eigenvalue weighted by Crippen LogP contribution is 2.23. The molecule has 29 heavy (non-hydrogen) atoms. The number of nitrogens with zero attached hydrogens (tertiary/aromatic N) is 3. The molecule has 154 valence electrons. The van der Waals surface area contributed by atoms with Crippen LogP contribution >= 0.6 is 0 Å². The molecule has 7 nitrogen and oxygen atoms in total. The average Bonchev–Trinajstić information content (AvgIpc) is 2.96. The molecule has 1 amide bonds. The van der Waals surface area contributed by atoms with Crippen molar-refractivity contribution in [2.45, 2.75) is 40.3 Å². The Morgan fingerprint density at radius 3 is 2.66 bits per heavy atom. The van der Waals surface area contributed by atoms with Crippen molar-refractivity contribution in [1.29, 1.82) is 0 Å². The van der Waals surface area contributed by atoms with Crippen molar-refractivity contribution in [3.05, 3.63) is 63.8 Å². The van der Waals surface area contributed by atoms with Crippen LogP contribution in [0.1, 0.15) is 30.3 Å². The minimum absolute atomic E-state index is 0.0915. The maximum absolute atomic E-state index is 13.0. The van der Waals surface area contributed by atoms with Crippen LogP contribution in [0.4, 0.5) is 0 Å². The number of rotatable bonds is 9. The highest BCUT2D eigenvalue weighted by Gasteiger charge is 2.17. The summed E-state index contributed by atoms with van der Waals surface area (Å²) in [6.07, 6.45) is 2.42. The zero-order chi connectivity index (χ0) is 20.8. The predicted molar refractivity (Wildman–Crippen MR) is 113 cm³/mol. The van der Waals surface area contributed by atoms with Gasteiger partial charge in [0.05, 0.1) is 11.6 Å². The Kier molecular flexibility index (Phi) is 6.82. The summed E-state index contributed by atoms with van der Waals surface area (Å²) in [6, 6.07) is 10.1. The van der Waals surface area contributed by atoms with Crippen molar-refractivity contribution >= 4 is 16.7 Å². The number of carbonyl (C=O) groups is 1. The molecule has 0 aliphatic heterocycles. The number of aryl methyl sites for hydroxylation is 2. The fourth-order valence-electron chi connectivity index (χ4n) is 3.50. The van der Waals surface area contributed by atoms with E-state index in [4.69, 9.17) is 4.74 Å². The molecule has 1 aromatic carbocycles. The van der Waals surface area contributed by atoms with Crippen LogP contribution in [0, 0.1) is 13.8 Å². The number of amides is 1. The van der Waals surface area contributed by atoms with E-state index in [1.54, 1.807) is 6.20 Å². The first-order chi connectivity index (χ1) is 14.0. The van der Waals surface area contributed by atoms with Crippen molar-refractivity contribution < 1.29 is 9.53 Å². The van der Waals surface area contributed by atoms with Gasteiger partial charge in [-0.15, -0.1) is 0 Å². The first kappa shape index (κ1) is 20.8. The third-order valence-electron chi connectivity index (χ3n) is 5.07. The topological polar surface area (TPSA) is 78.2 Å². The molecule has 3 aromatic rings. The lowest BCUT2D eigenvalue weighted by Gasteiger charge is -2.09. The normalized spacial score (nSPS) is 11.1. The van der Waals surface area contributed by atoms with E-state index in [0.717, 1.165) is 23.2 Å². The van der Waals surface area contributed by atoms with Gasteiger partial charge in [-0.3, -0.25) is 9.59 Å². The Morgan fingerprint density at radius 2 is 1.93 bits per heavy atom. The van der Waals surface area contributed by atoms with Crippen LogP contribution < -0.4 is 10.9 Å². The number of ether oxygens (including phenoxy) is 1. The lowest BCUT2D eigenvalue weighted by atomic mass is 10.2. The van der Waals surface area contributed by atoms with Gasteiger partial charge in [-0.2, -0.15) is 5.10 Å². The van der Waals surface area contributed by atoms with Gasteiger partial charge in [-0.1, -0.05) is 30.3 Å². The number of fused-ring (bicyclic) bond motifs is 1.